The number of rotatable bonds is 10. The van der Waals surface area contributed by atoms with Crippen LogP contribution in [0.15, 0.2) is 29.3 Å². The third kappa shape index (κ3) is 5.12. The summed E-state index contributed by atoms with van der Waals surface area (Å²) in [5, 5.41) is 0. The molecular weight excluding hydrogens is 400 g/mol. The lowest BCUT2D eigenvalue weighted by molar-refractivity contribution is -0.190. The first-order valence-corrected chi connectivity index (χ1v) is 12.8. The standard InChI is InChI=1S/C28H40O4/c1-4-5-6-10-21(32-27-13-7-8-16-31-27)14-15-23-25(29)18-20-17-24-22(19(2)28(20)23)11-9-12-26(24)30-3/h9,11-12,19-21,27H,4-8,10,13-18H2,1-3H3/t19-,20+,21-,27?/m0/s1. The normalized spacial score (nSPS) is 26.1. The molecule has 0 radical (unpaired) electrons. The van der Waals surface area contributed by atoms with Crippen LogP contribution >= 0.6 is 0 Å². The maximum atomic E-state index is 13.1. The molecule has 32 heavy (non-hydrogen) atoms. The van der Waals surface area contributed by atoms with Gasteiger partial charge in [-0.2, -0.15) is 0 Å². The van der Waals surface area contributed by atoms with E-state index in [0.29, 0.717) is 18.1 Å². The summed E-state index contributed by atoms with van der Waals surface area (Å²) in [7, 11) is 1.74. The number of allylic oxidation sites excluding steroid dienone is 2. The van der Waals surface area contributed by atoms with Gasteiger partial charge in [-0.3, -0.25) is 4.79 Å². The maximum Gasteiger partial charge on any atom is 0.159 e. The summed E-state index contributed by atoms with van der Waals surface area (Å²) in [4.78, 5) is 13.1. The van der Waals surface area contributed by atoms with Crippen LogP contribution in [0, 0.1) is 5.92 Å². The Bertz CT molecular complexity index is 821. The molecule has 1 aliphatic heterocycles. The van der Waals surface area contributed by atoms with Crippen molar-refractivity contribution >= 4 is 5.78 Å². The molecule has 0 bridgehead atoms. The van der Waals surface area contributed by atoms with E-state index < -0.39 is 0 Å². The number of hydrogen-bond donors (Lipinski definition) is 0. The van der Waals surface area contributed by atoms with Gasteiger partial charge in [0.2, 0.25) is 0 Å². The number of hydrogen-bond acceptors (Lipinski definition) is 4. The second-order valence-corrected chi connectivity index (χ2v) is 9.80. The molecule has 2 aliphatic carbocycles. The predicted molar refractivity (Wildman–Crippen MR) is 127 cm³/mol. The van der Waals surface area contributed by atoms with Crippen molar-refractivity contribution in [3.63, 3.8) is 0 Å². The van der Waals surface area contributed by atoms with Crippen molar-refractivity contribution in [1.29, 1.82) is 0 Å². The highest BCUT2D eigenvalue weighted by atomic mass is 16.7. The Labute approximate surface area is 193 Å². The summed E-state index contributed by atoms with van der Waals surface area (Å²) in [6.07, 6.45) is 11.4. The van der Waals surface area contributed by atoms with Gasteiger partial charge in [0.1, 0.15) is 5.75 Å². The molecule has 1 heterocycles. The highest BCUT2D eigenvalue weighted by Crippen LogP contribution is 2.49. The Hall–Kier alpha value is -1.65. The van der Waals surface area contributed by atoms with E-state index >= 15 is 0 Å². The summed E-state index contributed by atoms with van der Waals surface area (Å²) in [6.45, 7) is 5.31. The molecule has 0 saturated carbocycles. The molecule has 4 atom stereocenters. The second kappa shape index (κ2) is 11.0. The van der Waals surface area contributed by atoms with E-state index in [-0.39, 0.29) is 18.3 Å². The quantitative estimate of drug-likeness (QED) is 0.389. The number of carbonyl (C=O) groups excluding carboxylic acids is 1. The van der Waals surface area contributed by atoms with Gasteiger partial charge in [0.15, 0.2) is 12.1 Å². The fraction of sp³-hybridized carbons (Fsp3) is 0.679. The van der Waals surface area contributed by atoms with E-state index in [0.717, 1.165) is 56.5 Å². The molecule has 4 rings (SSSR count). The third-order valence-electron chi connectivity index (χ3n) is 7.66. The minimum atomic E-state index is -0.0620. The number of Topliss-reactive ketones (excluding diaryl/α,β-unsaturated/α-hetero) is 1. The van der Waals surface area contributed by atoms with E-state index in [9.17, 15) is 4.79 Å². The van der Waals surface area contributed by atoms with Gasteiger partial charge in [0.25, 0.3) is 0 Å². The lowest BCUT2D eigenvalue weighted by Crippen LogP contribution is -2.28. The highest BCUT2D eigenvalue weighted by molar-refractivity contribution is 5.99. The molecule has 0 spiro atoms. The van der Waals surface area contributed by atoms with Gasteiger partial charge < -0.3 is 14.2 Å². The van der Waals surface area contributed by atoms with E-state index in [1.165, 1.54) is 42.4 Å². The average Bonchev–Trinajstić information content (AvgIpc) is 3.13. The van der Waals surface area contributed by atoms with Crippen molar-refractivity contribution in [3.8, 4) is 5.75 Å². The minimum absolute atomic E-state index is 0.0620. The zero-order valence-corrected chi connectivity index (χ0v) is 20.2. The van der Waals surface area contributed by atoms with Crippen molar-refractivity contribution in [2.75, 3.05) is 13.7 Å². The predicted octanol–water partition coefficient (Wildman–Crippen LogP) is 6.51. The van der Waals surface area contributed by atoms with Gasteiger partial charge in [0, 0.05) is 18.9 Å². The monoisotopic (exact) mass is 440 g/mol. The topological polar surface area (TPSA) is 44.8 Å². The fourth-order valence-corrected chi connectivity index (χ4v) is 6.00. The molecule has 0 amide bonds. The first-order valence-electron chi connectivity index (χ1n) is 12.8. The van der Waals surface area contributed by atoms with Crippen LogP contribution in [0.25, 0.3) is 0 Å². The summed E-state index contributed by atoms with van der Waals surface area (Å²) in [5.74, 6) is 1.93. The Kier molecular flexibility index (Phi) is 8.07. The average molecular weight is 441 g/mol. The van der Waals surface area contributed by atoms with E-state index in [2.05, 4.69) is 26.0 Å². The van der Waals surface area contributed by atoms with Crippen molar-refractivity contribution in [3.05, 3.63) is 40.5 Å². The zero-order valence-electron chi connectivity index (χ0n) is 20.2. The molecule has 0 aromatic heterocycles. The van der Waals surface area contributed by atoms with Crippen LogP contribution in [-0.4, -0.2) is 31.9 Å². The largest absolute Gasteiger partial charge is 0.496 e. The van der Waals surface area contributed by atoms with Crippen molar-refractivity contribution < 1.29 is 19.0 Å². The van der Waals surface area contributed by atoms with Crippen LogP contribution in [-0.2, 0) is 20.7 Å². The molecule has 1 aromatic carbocycles. The van der Waals surface area contributed by atoms with Crippen LogP contribution in [0.1, 0.15) is 95.1 Å². The van der Waals surface area contributed by atoms with Gasteiger partial charge in [-0.05, 0) is 73.6 Å². The molecular formula is C28H40O4. The number of methoxy groups -OCH3 is 1. The van der Waals surface area contributed by atoms with Crippen molar-refractivity contribution in [1.82, 2.24) is 0 Å². The van der Waals surface area contributed by atoms with Crippen molar-refractivity contribution in [2.24, 2.45) is 5.92 Å². The molecule has 4 heteroatoms. The summed E-state index contributed by atoms with van der Waals surface area (Å²) in [6, 6.07) is 6.33. The molecule has 4 nitrogen and oxygen atoms in total. The zero-order chi connectivity index (χ0) is 22.5. The second-order valence-electron chi connectivity index (χ2n) is 9.80. The van der Waals surface area contributed by atoms with E-state index in [1.807, 2.05) is 6.07 Å². The number of carbonyl (C=O) groups is 1. The Balaban J connectivity index is 1.49. The molecule has 3 aliphatic rings. The lowest BCUT2D eigenvalue weighted by Gasteiger charge is -2.31. The Morgan fingerprint density at radius 1 is 1.16 bits per heavy atom. The number of benzene rings is 1. The number of unbranched alkanes of at least 4 members (excludes halogenated alkanes) is 2. The summed E-state index contributed by atoms with van der Waals surface area (Å²) < 4.78 is 17.9. The van der Waals surface area contributed by atoms with Crippen LogP contribution in [0.3, 0.4) is 0 Å². The molecule has 1 fully saturated rings. The molecule has 176 valence electrons. The van der Waals surface area contributed by atoms with Crippen LogP contribution in [0.5, 0.6) is 5.75 Å². The fourth-order valence-electron chi connectivity index (χ4n) is 6.00. The van der Waals surface area contributed by atoms with Gasteiger partial charge in [-0.25, -0.2) is 0 Å². The molecule has 1 saturated heterocycles. The minimum Gasteiger partial charge on any atom is -0.496 e. The van der Waals surface area contributed by atoms with E-state index in [4.69, 9.17) is 14.2 Å². The number of fused-ring (bicyclic) bond motifs is 2. The smallest absolute Gasteiger partial charge is 0.159 e. The first kappa shape index (κ1) is 23.5. The van der Waals surface area contributed by atoms with Gasteiger partial charge in [0.05, 0.1) is 13.2 Å². The molecule has 0 N–H and O–H groups in total. The Morgan fingerprint density at radius 2 is 2.03 bits per heavy atom. The van der Waals surface area contributed by atoms with Gasteiger partial charge >= 0.3 is 0 Å². The number of ketones is 1. The molecule has 1 unspecified atom stereocenters. The highest BCUT2D eigenvalue weighted by Gasteiger charge is 2.40. The maximum absolute atomic E-state index is 13.1. The summed E-state index contributed by atoms with van der Waals surface area (Å²) in [5.41, 5.74) is 5.09. The van der Waals surface area contributed by atoms with Gasteiger partial charge in [-0.1, -0.05) is 50.8 Å². The number of ether oxygens (including phenoxy) is 3. The Morgan fingerprint density at radius 3 is 2.78 bits per heavy atom. The first-order chi connectivity index (χ1) is 15.6. The van der Waals surface area contributed by atoms with Gasteiger partial charge in [-0.15, -0.1) is 0 Å². The summed E-state index contributed by atoms with van der Waals surface area (Å²) >= 11 is 0. The van der Waals surface area contributed by atoms with Crippen LogP contribution < -0.4 is 4.74 Å². The van der Waals surface area contributed by atoms with Crippen LogP contribution in [0.2, 0.25) is 0 Å². The lowest BCUT2D eigenvalue weighted by atomic mass is 9.73. The van der Waals surface area contributed by atoms with Crippen LogP contribution in [0.4, 0.5) is 0 Å². The SMILES string of the molecule is CCCCC[C@@H](CCC1=C2[C@@H](CC1=O)Cc1c(OC)cccc1[C@@H]2C)OC1CCCCO1. The third-order valence-corrected chi connectivity index (χ3v) is 7.66. The molecule has 1 aromatic rings. The van der Waals surface area contributed by atoms with E-state index in [1.54, 1.807) is 7.11 Å². The van der Waals surface area contributed by atoms with Crippen molar-refractivity contribution in [2.45, 2.75) is 103 Å².